The number of nitrogens with one attached hydrogen (secondary N) is 1. The van der Waals surface area contributed by atoms with Crippen molar-refractivity contribution in [2.24, 2.45) is 5.92 Å². The van der Waals surface area contributed by atoms with Crippen LogP contribution in [0.5, 0.6) is 5.75 Å². The number of ether oxygens (including phenoxy) is 2. The van der Waals surface area contributed by atoms with Gasteiger partial charge in [0.15, 0.2) is 0 Å². The smallest absolute Gasteiger partial charge is 0.451 e. The molecule has 1 aliphatic rings. The van der Waals surface area contributed by atoms with Crippen molar-refractivity contribution in [3.05, 3.63) is 58.4 Å². The third kappa shape index (κ3) is 5.93. The molecular formula is C23H22F4N4O3S. The lowest BCUT2D eigenvalue weighted by molar-refractivity contribution is -0.145. The van der Waals surface area contributed by atoms with Crippen molar-refractivity contribution in [1.29, 1.82) is 0 Å². The van der Waals surface area contributed by atoms with E-state index in [1.807, 2.05) is 6.92 Å². The second-order valence-corrected chi connectivity index (χ2v) is 9.42. The number of nitrogens with zero attached hydrogens (tertiary/aromatic N) is 3. The van der Waals surface area contributed by atoms with Crippen molar-refractivity contribution in [3.63, 3.8) is 0 Å². The van der Waals surface area contributed by atoms with E-state index >= 15 is 4.39 Å². The number of aromatic nitrogens is 3. The van der Waals surface area contributed by atoms with Crippen LogP contribution >= 0.6 is 11.3 Å². The van der Waals surface area contributed by atoms with Gasteiger partial charge >= 0.3 is 6.18 Å². The van der Waals surface area contributed by atoms with E-state index < -0.39 is 29.8 Å². The van der Waals surface area contributed by atoms with Crippen LogP contribution in [0.4, 0.5) is 17.6 Å². The van der Waals surface area contributed by atoms with Crippen molar-refractivity contribution >= 4 is 17.2 Å². The SMILES string of the molecule is Cc1cnc(-c2cc(OC[C@H]3CCOC3)cc(C(=O)NC(C)c3cnc(C(F)(F)F)nc3)c2F)s1. The maximum Gasteiger partial charge on any atom is 0.451 e. The van der Waals surface area contributed by atoms with Gasteiger partial charge < -0.3 is 14.8 Å². The van der Waals surface area contributed by atoms with E-state index in [9.17, 15) is 18.0 Å². The minimum absolute atomic E-state index is 0.124. The molecule has 12 heteroatoms. The fourth-order valence-corrected chi connectivity index (χ4v) is 4.25. The highest BCUT2D eigenvalue weighted by Crippen LogP contribution is 2.33. The lowest BCUT2D eigenvalue weighted by Gasteiger charge is -2.17. The van der Waals surface area contributed by atoms with Crippen LogP contribution in [0.25, 0.3) is 10.6 Å². The van der Waals surface area contributed by atoms with E-state index in [4.69, 9.17) is 9.47 Å². The molecule has 3 heterocycles. The fraction of sp³-hybridized carbons (Fsp3) is 0.391. The fourth-order valence-electron chi connectivity index (χ4n) is 3.48. The van der Waals surface area contributed by atoms with E-state index in [0.717, 1.165) is 23.7 Å². The van der Waals surface area contributed by atoms with Crippen LogP contribution in [-0.4, -0.2) is 40.7 Å². The van der Waals surface area contributed by atoms with Gasteiger partial charge in [-0.15, -0.1) is 11.3 Å². The topological polar surface area (TPSA) is 86.2 Å². The molecule has 35 heavy (non-hydrogen) atoms. The number of amides is 1. The number of carbonyl (C=O) groups excluding carboxylic acids is 1. The Bertz CT molecular complexity index is 1190. The number of halogens is 4. The Hall–Kier alpha value is -3.12. The number of carbonyl (C=O) groups is 1. The molecule has 7 nitrogen and oxygen atoms in total. The molecule has 3 aromatic rings. The molecule has 1 N–H and O–H groups in total. The summed E-state index contributed by atoms with van der Waals surface area (Å²) in [6.45, 7) is 4.94. The lowest BCUT2D eigenvalue weighted by Crippen LogP contribution is -2.28. The molecule has 1 aromatic carbocycles. The van der Waals surface area contributed by atoms with Gasteiger partial charge in [-0.05, 0) is 32.4 Å². The average molecular weight is 511 g/mol. The number of benzene rings is 1. The molecule has 0 radical (unpaired) electrons. The third-order valence-corrected chi connectivity index (χ3v) is 6.37. The van der Waals surface area contributed by atoms with E-state index in [0.29, 0.717) is 30.6 Å². The number of alkyl halides is 3. The third-order valence-electron chi connectivity index (χ3n) is 5.43. The maximum absolute atomic E-state index is 15.5. The first kappa shape index (κ1) is 25.0. The van der Waals surface area contributed by atoms with Crippen LogP contribution in [0, 0.1) is 18.7 Å². The summed E-state index contributed by atoms with van der Waals surface area (Å²) in [4.78, 5) is 24.7. The zero-order valence-corrected chi connectivity index (χ0v) is 19.7. The Balaban J connectivity index is 1.58. The van der Waals surface area contributed by atoms with E-state index in [1.54, 1.807) is 6.20 Å². The quantitative estimate of drug-likeness (QED) is 0.452. The molecule has 186 valence electrons. The summed E-state index contributed by atoms with van der Waals surface area (Å²) in [5.74, 6) is -2.32. The molecular weight excluding hydrogens is 488 g/mol. The molecule has 1 aliphatic heterocycles. The first-order chi connectivity index (χ1) is 16.6. The summed E-state index contributed by atoms with van der Waals surface area (Å²) in [6, 6.07) is 2.03. The van der Waals surface area contributed by atoms with Crippen LogP contribution in [-0.2, 0) is 10.9 Å². The normalized spacial score (nSPS) is 16.8. The number of aryl methyl sites for hydroxylation is 1. The highest BCUT2D eigenvalue weighted by atomic mass is 32.1. The Morgan fingerprint density at radius 1 is 1.26 bits per heavy atom. The summed E-state index contributed by atoms with van der Waals surface area (Å²) in [7, 11) is 0. The molecule has 0 saturated carbocycles. The van der Waals surface area contributed by atoms with Gasteiger partial charge in [0, 0.05) is 41.6 Å². The molecule has 4 rings (SSSR count). The van der Waals surface area contributed by atoms with Gasteiger partial charge in [-0.3, -0.25) is 4.79 Å². The van der Waals surface area contributed by atoms with Gasteiger partial charge in [0.1, 0.15) is 16.6 Å². The average Bonchev–Trinajstić information content (AvgIpc) is 3.49. The summed E-state index contributed by atoms with van der Waals surface area (Å²) in [5, 5.41) is 2.98. The van der Waals surface area contributed by atoms with Crippen LogP contribution in [0.1, 0.15) is 46.0 Å². The van der Waals surface area contributed by atoms with Crippen molar-refractivity contribution in [2.75, 3.05) is 19.8 Å². The van der Waals surface area contributed by atoms with E-state index in [-0.39, 0.29) is 22.6 Å². The van der Waals surface area contributed by atoms with Gasteiger partial charge in [0.25, 0.3) is 5.91 Å². The van der Waals surface area contributed by atoms with Crippen LogP contribution in [0.3, 0.4) is 0 Å². The van der Waals surface area contributed by atoms with E-state index in [1.165, 1.54) is 30.4 Å². The van der Waals surface area contributed by atoms with Crippen LogP contribution in [0.15, 0.2) is 30.7 Å². The summed E-state index contributed by atoms with van der Waals surface area (Å²) in [5.41, 5.74) is 0.0859. The summed E-state index contributed by atoms with van der Waals surface area (Å²) >= 11 is 1.27. The van der Waals surface area contributed by atoms with Crippen molar-refractivity contribution in [2.45, 2.75) is 32.5 Å². The minimum atomic E-state index is -4.68. The largest absolute Gasteiger partial charge is 0.493 e. The Morgan fingerprint density at radius 2 is 2.00 bits per heavy atom. The number of rotatable bonds is 7. The van der Waals surface area contributed by atoms with E-state index in [2.05, 4.69) is 20.3 Å². The Morgan fingerprint density at radius 3 is 2.60 bits per heavy atom. The Labute approximate surface area is 202 Å². The van der Waals surface area contributed by atoms with Gasteiger partial charge in [-0.1, -0.05) is 0 Å². The highest BCUT2D eigenvalue weighted by molar-refractivity contribution is 7.14. The molecule has 0 aliphatic carbocycles. The molecule has 1 unspecified atom stereocenters. The summed E-state index contributed by atoms with van der Waals surface area (Å²) < 4.78 is 64.8. The predicted octanol–water partition coefficient (Wildman–Crippen LogP) is 4.97. The maximum atomic E-state index is 15.5. The molecule has 2 aromatic heterocycles. The summed E-state index contributed by atoms with van der Waals surface area (Å²) in [6.07, 6.45) is -0.271. The zero-order chi connectivity index (χ0) is 25.2. The molecule has 1 saturated heterocycles. The van der Waals surface area contributed by atoms with Crippen LogP contribution < -0.4 is 10.1 Å². The highest BCUT2D eigenvalue weighted by Gasteiger charge is 2.34. The minimum Gasteiger partial charge on any atom is -0.493 e. The van der Waals surface area contributed by atoms with Crippen molar-refractivity contribution < 1.29 is 31.8 Å². The van der Waals surface area contributed by atoms with Gasteiger partial charge in [-0.2, -0.15) is 13.2 Å². The number of thiazole rings is 1. The van der Waals surface area contributed by atoms with Crippen molar-refractivity contribution in [3.8, 4) is 16.3 Å². The van der Waals surface area contributed by atoms with Gasteiger partial charge in [0.05, 0.1) is 30.4 Å². The monoisotopic (exact) mass is 510 g/mol. The van der Waals surface area contributed by atoms with Gasteiger partial charge in [0.2, 0.25) is 5.82 Å². The molecule has 2 atom stereocenters. The lowest BCUT2D eigenvalue weighted by atomic mass is 10.1. The first-order valence-electron chi connectivity index (χ1n) is 10.8. The predicted molar refractivity (Wildman–Crippen MR) is 120 cm³/mol. The van der Waals surface area contributed by atoms with Crippen molar-refractivity contribution in [1.82, 2.24) is 20.3 Å². The Kier molecular flexibility index (Phi) is 7.31. The number of hydrogen-bond acceptors (Lipinski definition) is 7. The number of hydrogen-bond donors (Lipinski definition) is 1. The standard InChI is InChI=1S/C23H22F4N4O3S/c1-12-7-28-21(35-12)18-6-16(34-11-14-3-4-33-10-14)5-17(19(18)24)20(32)31-13(2)15-8-29-22(30-9-15)23(25,26)27/h5-9,13-14H,3-4,10-11H2,1-2H3,(H,31,32)/t13?,14-/m0/s1. The zero-order valence-electron chi connectivity index (χ0n) is 18.9. The molecule has 0 bridgehead atoms. The first-order valence-corrected chi connectivity index (χ1v) is 11.6. The molecule has 1 amide bonds. The molecule has 0 spiro atoms. The van der Waals surface area contributed by atoms with Gasteiger partial charge in [-0.25, -0.2) is 19.3 Å². The molecule has 1 fully saturated rings. The van der Waals surface area contributed by atoms with Crippen LogP contribution in [0.2, 0.25) is 0 Å². The second-order valence-electron chi connectivity index (χ2n) is 8.18. The second kappa shape index (κ2) is 10.2.